The van der Waals surface area contributed by atoms with E-state index < -0.39 is 19.5 Å². The maximum atomic E-state index is 12.5. The summed E-state index contributed by atoms with van der Waals surface area (Å²) in [6.45, 7) is 1.78. The van der Waals surface area contributed by atoms with Crippen LogP contribution in [0.5, 0.6) is 0 Å². The summed E-state index contributed by atoms with van der Waals surface area (Å²) in [7, 11) is -1.99. The Labute approximate surface area is 151 Å². The number of para-hydroxylation sites is 1. The second-order valence-electron chi connectivity index (χ2n) is 6.05. The summed E-state index contributed by atoms with van der Waals surface area (Å²) in [5.74, 6) is -0.672. The fraction of sp³-hybridized carbons (Fsp3) is 0.211. The quantitative estimate of drug-likeness (QED) is 0.447. The van der Waals surface area contributed by atoms with Crippen molar-refractivity contribution in [1.82, 2.24) is 5.32 Å². The van der Waals surface area contributed by atoms with Crippen molar-refractivity contribution in [2.75, 3.05) is 0 Å². The number of hydrogen-bond acceptors (Lipinski definition) is 5. The first-order valence-corrected chi connectivity index (χ1v) is 8.36. The van der Waals surface area contributed by atoms with Crippen molar-refractivity contribution in [3.8, 4) is 0 Å². The van der Waals surface area contributed by atoms with Crippen molar-refractivity contribution >= 4 is 24.2 Å². The lowest BCUT2D eigenvalue weighted by Gasteiger charge is -2.21. The molecular formula is C19H20BNO5. The van der Waals surface area contributed by atoms with E-state index in [2.05, 4.69) is 5.32 Å². The molecule has 0 aliphatic heterocycles. The molecule has 0 saturated heterocycles. The van der Waals surface area contributed by atoms with Gasteiger partial charge in [0.1, 0.15) is 11.8 Å². The van der Waals surface area contributed by atoms with Crippen LogP contribution < -0.4 is 5.32 Å². The van der Waals surface area contributed by atoms with Crippen LogP contribution in [0, 0.1) is 0 Å². The molecule has 3 aromatic rings. The van der Waals surface area contributed by atoms with Gasteiger partial charge in [0, 0.05) is 17.4 Å². The minimum absolute atomic E-state index is 0.238. The van der Waals surface area contributed by atoms with Crippen LogP contribution in [0.2, 0.25) is 0 Å². The molecular weight excluding hydrogens is 333 g/mol. The summed E-state index contributed by atoms with van der Waals surface area (Å²) in [6, 6.07) is 16.8. The van der Waals surface area contributed by atoms with Gasteiger partial charge in [-0.05, 0) is 18.6 Å². The molecule has 0 saturated carbocycles. The Morgan fingerprint density at radius 1 is 1.15 bits per heavy atom. The maximum absolute atomic E-state index is 12.5. The number of rotatable bonds is 7. The third-order valence-electron chi connectivity index (χ3n) is 4.25. The molecule has 134 valence electrons. The Bertz CT molecular complexity index is 865. The van der Waals surface area contributed by atoms with E-state index in [1.54, 1.807) is 13.2 Å². The number of nitrogens with one attached hydrogen (secondary N) is 1. The predicted molar refractivity (Wildman–Crippen MR) is 98.0 cm³/mol. The summed E-state index contributed by atoms with van der Waals surface area (Å²) >= 11 is 0. The molecule has 2 aromatic carbocycles. The van der Waals surface area contributed by atoms with Crippen molar-refractivity contribution in [1.29, 1.82) is 0 Å². The van der Waals surface area contributed by atoms with Crippen molar-refractivity contribution < 1.29 is 23.9 Å². The Morgan fingerprint density at radius 2 is 1.85 bits per heavy atom. The van der Waals surface area contributed by atoms with Crippen molar-refractivity contribution in [3.05, 3.63) is 72.0 Å². The van der Waals surface area contributed by atoms with Crippen LogP contribution in [0.3, 0.4) is 0 Å². The van der Waals surface area contributed by atoms with E-state index in [0.717, 1.165) is 22.1 Å². The van der Waals surface area contributed by atoms with E-state index in [1.165, 1.54) is 0 Å². The monoisotopic (exact) mass is 353 g/mol. The smallest absolute Gasteiger partial charge is 0.464 e. The van der Waals surface area contributed by atoms with Crippen LogP contribution >= 0.6 is 0 Å². The van der Waals surface area contributed by atoms with Crippen LogP contribution in [0.1, 0.15) is 24.0 Å². The molecule has 0 aliphatic rings. The zero-order valence-corrected chi connectivity index (χ0v) is 14.3. The Morgan fingerprint density at radius 3 is 2.58 bits per heavy atom. The fourth-order valence-electron chi connectivity index (χ4n) is 2.85. The van der Waals surface area contributed by atoms with E-state index in [-0.39, 0.29) is 12.3 Å². The number of carbonyl (C=O) groups excluding carboxylic acids is 1. The minimum Gasteiger partial charge on any atom is -0.464 e. The van der Waals surface area contributed by atoms with E-state index in [0.29, 0.717) is 0 Å². The molecule has 6 nitrogen and oxygen atoms in total. The average Bonchev–Trinajstić information content (AvgIpc) is 3.04. The van der Waals surface area contributed by atoms with Gasteiger partial charge >= 0.3 is 7.32 Å². The lowest BCUT2D eigenvalue weighted by atomic mass is 10.00. The number of carbonyl (C=O) groups is 1. The molecule has 1 amide bonds. The van der Waals surface area contributed by atoms with Crippen molar-refractivity contribution in [2.45, 2.75) is 25.5 Å². The molecule has 2 atom stereocenters. The zero-order chi connectivity index (χ0) is 18.5. The van der Waals surface area contributed by atoms with Crippen LogP contribution in [0.4, 0.5) is 0 Å². The molecule has 0 fully saturated rings. The van der Waals surface area contributed by atoms with Gasteiger partial charge in [0.2, 0.25) is 5.91 Å². The second kappa shape index (κ2) is 8.18. The van der Waals surface area contributed by atoms with Gasteiger partial charge in [0.15, 0.2) is 0 Å². The topological polar surface area (TPSA) is 91.9 Å². The molecule has 0 spiro atoms. The Kier molecular flexibility index (Phi) is 5.73. The lowest BCUT2D eigenvalue weighted by Crippen LogP contribution is -2.43. The van der Waals surface area contributed by atoms with Crippen molar-refractivity contribution in [3.63, 3.8) is 0 Å². The number of amides is 1. The lowest BCUT2D eigenvalue weighted by molar-refractivity contribution is -0.125. The third-order valence-corrected chi connectivity index (χ3v) is 4.25. The Hall–Kier alpha value is -2.61. The van der Waals surface area contributed by atoms with Gasteiger partial charge in [-0.25, -0.2) is 0 Å². The molecule has 0 radical (unpaired) electrons. The Balaban J connectivity index is 1.74. The average molecular weight is 353 g/mol. The highest BCUT2D eigenvalue weighted by Crippen LogP contribution is 2.22. The normalized spacial score (nSPS) is 13.3. The zero-order valence-electron chi connectivity index (χ0n) is 14.3. The molecule has 1 aromatic heterocycles. The van der Waals surface area contributed by atoms with Crippen LogP contribution in [0.25, 0.3) is 11.0 Å². The first-order valence-electron chi connectivity index (χ1n) is 8.36. The first-order chi connectivity index (χ1) is 12.5. The van der Waals surface area contributed by atoms with E-state index in [1.807, 2.05) is 54.6 Å². The van der Waals surface area contributed by atoms with Gasteiger partial charge in [-0.3, -0.25) is 4.79 Å². The molecule has 3 rings (SSSR count). The molecule has 0 unspecified atom stereocenters. The predicted octanol–water partition coefficient (Wildman–Crippen LogP) is 2.21. The molecule has 0 bridgehead atoms. The first kappa shape index (κ1) is 18.2. The maximum Gasteiger partial charge on any atom is 0.635 e. The largest absolute Gasteiger partial charge is 0.635 e. The number of fused-ring (bicyclic) bond motifs is 1. The highest BCUT2D eigenvalue weighted by molar-refractivity contribution is 6.32. The van der Waals surface area contributed by atoms with Crippen molar-refractivity contribution in [2.24, 2.45) is 0 Å². The highest BCUT2D eigenvalue weighted by atomic mass is 16.6. The molecule has 7 heteroatoms. The summed E-state index contributed by atoms with van der Waals surface area (Å²) in [5, 5.41) is 22.0. The third kappa shape index (κ3) is 4.32. The van der Waals surface area contributed by atoms with Gasteiger partial charge in [0.05, 0.1) is 12.2 Å². The van der Waals surface area contributed by atoms with Gasteiger partial charge in [-0.2, -0.15) is 0 Å². The molecule has 1 heterocycles. The molecule has 26 heavy (non-hydrogen) atoms. The summed E-state index contributed by atoms with van der Waals surface area (Å²) < 4.78 is 10.6. The summed E-state index contributed by atoms with van der Waals surface area (Å²) in [5.41, 5.74) is 2.38. The highest BCUT2D eigenvalue weighted by Gasteiger charge is 2.24. The second-order valence-corrected chi connectivity index (χ2v) is 6.05. The number of benzene rings is 2. The molecule has 0 aliphatic carbocycles. The van der Waals surface area contributed by atoms with Gasteiger partial charge in [-0.1, -0.05) is 48.5 Å². The van der Waals surface area contributed by atoms with E-state index >= 15 is 0 Å². The van der Waals surface area contributed by atoms with Gasteiger partial charge < -0.3 is 24.4 Å². The fourth-order valence-corrected chi connectivity index (χ4v) is 2.85. The SMILES string of the molecule is C[C@H](C(=O)N[C@@H](Cc1coc2ccccc12)OB(O)O)c1ccccc1. The standard InChI is InChI=1S/C19H20BNO5/c1-13(14-7-3-2-4-8-14)19(22)21-18(26-20(23)24)11-15-12-25-17-10-6-5-9-16(15)17/h2-10,12-13,18,23-24H,11H2,1H3,(H,21,22)/t13-,18+/m0/s1. The minimum atomic E-state index is -1.99. The summed E-state index contributed by atoms with van der Waals surface area (Å²) in [4.78, 5) is 12.5. The number of furan rings is 1. The van der Waals surface area contributed by atoms with E-state index in [9.17, 15) is 14.8 Å². The van der Waals surface area contributed by atoms with Crippen LogP contribution in [-0.2, 0) is 15.9 Å². The van der Waals surface area contributed by atoms with Crippen LogP contribution in [0.15, 0.2) is 65.3 Å². The van der Waals surface area contributed by atoms with E-state index in [4.69, 9.17) is 9.07 Å². The summed E-state index contributed by atoms with van der Waals surface area (Å²) in [6.07, 6.45) is 0.911. The number of hydrogen-bond donors (Lipinski definition) is 3. The van der Waals surface area contributed by atoms with Gasteiger partial charge in [0.25, 0.3) is 0 Å². The van der Waals surface area contributed by atoms with Crippen LogP contribution in [-0.4, -0.2) is 29.5 Å². The van der Waals surface area contributed by atoms with Gasteiger partial charge in [-0.15, -0.1) is 0 Å². The molecule has 3 N–H and O–H groups in total.